The number of para-hydroxylation sites is 1. The first kappa shape index (κ1) is 26.0. The minimum atomic E-state index is -1.38. The maximum absolute atomic E-state index is 13.2. The van der Waals surface area contributed by atoms with Crippen molar-refractivity contribution in [3.05, 3.63) is 77.5 Å². The third-order valence-electron chi connectivity index (χ3n) is 5.63. The molecule has 8 heteroatoms. The van der Waals surface area contributed by atoms with E-state index in [1.165, 1.54) is 11.8 Å². The molecule has 7 nitrogen and oxygen atoms in total. The lowest BCUT2D eigenvalue weighted by Crippen LogP contribution is -2.28. The monoisotopic (exact) mass is 484 g/mol. The fourth-order valence-electron chi connectivity index (χ4n) is 3.59. The fourth-order valence-corrected chi connectivity index (χ4v) is 4.56. The lowest BCUT2D eigenvalue weighted by molar-refractivity contribution is -0.112. The summed E-state index contributed by atoms with van der Waals surface area (Å²) in [4.78, 5) is 17.9. The third kappa shape index (κ3) is 6.93. The number of rotatable bonds is 13. The van der Waals surface area contributed by atoms with Gasteiger partial charge in [-0.3, -0.25) is 4.79 Å². The Hall–Kier alpha value is -2.65. The first-order valence-corrected chi connectivity index (χ1v) is 12.2. The SMILES string of the molecule is Cn1ccnc1SC1=CC(O)(CCCCOc2ccccc2)/C(=C/C=C/CC(CO)CO)C1=O. The predicted octanol–water partition coefficient (Wildman–Crippen LogP) is 3.43. The molecule has 182 valence electrons. The van der Waals surface area contributed by atoms with Crippen molar-refractivity contribution < 1.29 is 24.9 Å². The van der Waals surface area contributed by atoms with Crippen molar-refractivity contribution >= 4 is 17.5 Å². The molecule has 0 spiro atoms. The van der Waals surface area contributed by atoms with Crippen LogP contribution in [-0.2, 0) is 11.8 Å². The van der Waals surface area contributed by atoms with Gasteiger partial charge in [0.15, 0.2) is 10.9 Å². The maximum Gasteiger partial charge on any atom is 0.198 e. The number of benzene rings is 1. The van der Waals surface area contributed by atoms with Gasteiger partial charge in [0.05, 0.1) is 11.5 Å². The Kier molecular flexibility index (Phi) is 9.71. The van der Waals surface area contributed by atoms with Crippen molar-refractivity contribution in [2.45, 2.75) is 36.4 Å². The Morgan fingerprint density at radius 1 is 1.21 bits per heavy atom. The van der Waals surface area contributed by atoms with Gasteiger partial charge in [0.1, 0.15) is 11.4 Å². The number of aromatic nitrogens is 2. The summed E-state index contributed by atoms with van der Waals surface area (Å²) in [6.07, 6.45) is 12.5. The molecule has 0 saturated carbocycles. The van der Waals surface area contributed by atoms with Gasteiger partial charge in [0.2, 0.25) is 0 Å². The number of hydrogen-bond donors (Lipinski definition) is 3. The van der Waals surface area contributed by atoms with Gasteiger partial charge in [-0.25, -0.2) is 4.98 Å². The van der Waals surface area contributed by atoms with E-state index in [9.17, 15) is 20.1 Å². The van der Waals surface area contributed by atoms with Crippen molar-refractivity contribution in [1.82, 2.24) is 9.55 Å². The summed E-state index contributed by atoms with van der Waals surface area (Å²) >= 11 is 1.24. The number of imidazole rings is 1. The highest BCUT2D eigenvalue weighted by atomic mass is 32.2. The molecular formula is C26H32N2O5S. The Morgan fingerprint density at radius 2 is 1.97 bits per heavy atom. The van der Waals surface area contributed by atoms with Gasteiger partial charge in [-0.15, -0.1) is 0 Å². The van der Waals surface area contributed by atoms with Crippen LogP contribution in [0.5, 0.6) is 5.75 Å². The molecule has 0 saturated heterocycles. The fraction of sp³-hybridized carbons (Fsp3) is 0.385. The number of hydrogen-bond acceptors (Lipinski definition) is 7. The second-order valence-corrected chi connectivity index (χ2v) is 9.29. The lowest BCUT2D eigenvalue weighted by atomic mass is 9.90. The molecule has 1 aromatic heterocycles. The summed E-state index contributed by atoms with van der Waals surface area (Å²) in [5.41, 5.74) is -1.07. The van der Waals surface area contributed by atoms with Crippen LogP contribution >= 0.6 is 11.8 Å². The lowest BCUT2D eigenvalue weighted by Gasteiger charge is -2.22. The highest BCUT2D eigenvalue weighted by Gasteiger charge is 2.41. The van der Waals surface area contributed by atoms with Crippen LogP contribution < -0.4 is 4.74 Å². The van der Waals surface area contributed by atoms with Gasteiger partial charge in [-0.2, -0.15) is 0 Å². The van der Waals surface area contributed by atoms with E-state index in [4.69, 9.17) is 4.74 Å². The van der Waals surface area contributed by atoms with Gasteiger partial charge < -0.3 is 24.6 Å². The van der Waals surface area contributed by atoms with Crippen LogP contribution in [0.15, 0.2) is 82.7 Å². The van der Waals surface area contributed by atoms with E-state index >= 15 is 0 Å². The predicted molar refractivity (Wildman–Crippen MR) is 132 cm³/mol. The second-order valence-electron chi connectivity index (χ2n) is 8.28. The van der Waals surface area contributed by atoms with Gasteiger partial charge in [0.25, 0.3) is 0 Å². The number of ether oxygens (including phenoxy) is 1. The summed E-state index contributed by atoms with van der Waals surface area (Å²) in [5.74, 6) is 0.340. The molecule has 0 fully saturated rings. The highest BCUT2D eigenvalue weighted by molar-refractivity contribution is 8.03. The smallest absolute Gasteiger partial charge is 0.198 e. The molecule has 1 atom stereocenters. The molecule has 0 aliphatic heterocycles. The second kappa shape index (κ2) is 12.7. The van der Waals surface area contributed by atoms with Crippen molar-refractivity contribution in [3.8, 4) is 5.75 Å². The number of unbranched alkanes of at least 4 members (excludes halogenated alkanes) is 1. The third-order valence-corrected chi connectivity index (χ3v) is 6.73. The Balaban J connectivity index is 1.68. The summed E-state index contributed by atoms with van der Waals surface area (Å²) in [7, 11) is 1.85. The number of aryl methyl sites for hydroxylation is 1. The van der Waals surface area contributed by atoms with Crippen molar-refractivity contribution in [2.75, 3.05) is 19.8 Å². The van der Waals surface area contributed by atoms with Crippen LogP contribution in [0, 0.1) is 5.92 Å². The number of nitrogens with zero attached hydrogens (tertiary/aromatic N) is 2. The summed E-state index contributed by atoms with van der Waals surface area (Å²) in [6, 6.07) is 9.57. The summed E-state index contributed by atoms with van der Waals surface area (Å²) in [5, 5.41) is 30.6. The molecule has 2 aromatic rings. The van der Waals surface area contributed by atoms with Gasteiger partial charge >= 0.3 is 0 Å². The molecule has 3 N–H and O–H groups in total. The summed E-state index contributed by atoms with van der Waals surface area (Å²) < 4.78 is 7.56. The molecule has 34 heavy (non-hydrogen) atoms. The van der Waals surface area contributed by atoms with Crippen molar-refractivity contribution in [1.29, 1.82) is 0 Å². The maximum atomic E-state index is 13.2. The number of Topliss-reactive ketones (excluding diaryl/α,β-unsaturated/α-hetero) is 1. The molecule has 3 rings (SSSR count). The Labute approximate surface area is 204 Å². The molecule has 1 aliphatic rings. The molecule has 1 heterocycles. The van der Waals surface area contributed by atoms with Crippen LogP contribution in [0.2, 0.25) is 0 Å². The van der Waals surface area contributed by atoms with Crippen LogP contribution in [-0.4, -0.2) is 56.1 Å². The van der Waals surface area contributed by atoms with E-state index in [2.05, 4.69) is 4.98 Å². The van der Waals surface area contributed by atoms with Crippen LogP contribution in [0.25, 0.3) is 0 Å². The minimum absolute atomic E-state index is 0.114. The average Bonchev–Trinajstić information content (AvgIpc) is 3.35. The number of carbonyl (C=O) groups is 1. The first-order chi connectivity index (χ1) is 16.5. The van der Waals surface area contributed by atoms with Crippen LogP contribution in [0.3, 0.4) is 0 Å². The Morgan fingerprint density at radius 3 is 2.65 bits per heavy atom. The number of aliphatic hydroxyl groups excluding tert-OH is 2. The van der Waals surface area contributed by atoms with Crippen LogP contribution in [0.4, 0.5) is 0 Å². The molecular weight excluding hydrogens is 452 g/mol. The van der Waals surface area contributed by atoms with Gasteiger partial charge in [0, 0.05) is 44.1 Å². The molecule has 1 aliphatic carbocycles. The molecule has 0 bridgehead atoms. The molecule has 1 unspecified atom stereocenters. The molecule has 0 amide bonds. The zero-order chi connectivity index (χ0) is 24.4. The van der Waals surface area contributed by atoms with Crippen molar-refractivity contribution in [3.63, 3.8) is 0 Å². The van der Waals surface area contributed by atoms with Crippen molar-refractivity contribution in [2.24, 2.45) is 13.0 Å². The topological polar surface area (TPSA) is 105 Å². The standard InChI is InChI=1S/C26H32N2O5S/c1-28-15-14-27-25(28)34-23-17-26(32,13-7-8-16-33-21-10-3-2-4-11-21)22(24(23)31)12-6-5-9-20(18-29)19-30/h2-6,10-12,14-15,17,20,29-30,32H,7-9,13,16,18-19H2,1H3/b6-5+,22-12+. The number of aliphatic hydroxyl groups is 3. The zero-order valence-electron chi connectivity index (χ0n) is 19.3. The largest absolute Gasteiger partial charge is 0.494 e. The highest BCUT2D eigenvalue weighted by Crippen LogP contribution is 2.41. The average molecular weight is 485 g/mol. The Bertz CT molecular complexity index is 1030. The number of allylic oxidation sites excluding steroid dienone is 4. The number of thioether (sulfide) groups is 1. The molecule has 0 radical (unpaired) electrons. The normalized spacial score (nSPS) is 19.5. The van der Waals surface area contributed by atoms with E-state index in [0.717, 1.165) is 12.2 Å². The van der Waals surface area contributed by atoms with E-state index in [0.29, 0.717) is 41.5 Å². The molecule has 1 aromatic carbocycles. The first-order valence-electron chi connectivity index (χ1n) is 11.4. The van der Waals surface area contributed by atoms with E-state index in [1.807, 2.05) is 41.9 Å². The number of carbonyl (C=O) groups excluding carboxylic acids is 1. The van der Waals surface area contributed by atoms with E-state index in [1.54, 1.807) is 36.7 Å². The van der Waals surface area contributed by atoms with E-state index < -0.39 is 5.60 Å². The van der Waals surface area contributed by atoms with E-state index in [-0.39, 0.29) is 24.9 Å². The zero-order valence-corrected chi connectivity index (χ0v) is 20.2. The van der Waals surface area contributed by atoms with Gasteiger partial charge in [-0.05, 0) is 55.7 Å². The van der Waals surface area contributed by atoms with Crippen LogP contribution in [0.1, 0.15) is 25.7 Å². The summed E-state index contributed by atoms with van der Waals surface area (Å²) in [6.45, 7) is 0.296. The quantitative estimate of drug-likeness (QED) is 0.295. The minimum Gasteiger partial charge on any atom is -0.494 e. The van der Waals surface area contributed by atoms with Gasteiger partial charge in [-0.1, -0.05) is 36.4 Å². The number of ketones is 1.